The van der Waals surface area contributed by atoms with Gasteiger partial charge in [0.15, 0.2) is 0 Å². The zero-order valence-electron chi connectivity index (χ0n) is 6.97. The van der Waals surface area contributed by atoms with Crippen molar-refractivity contribution < 1.29 is 9.84 Å². The Balaban J connectivity index is 3.24. The molecule has 0 unspecified atom stereocenters. The van der Waals surface area contributed by atoms with Crippen molar-refractivity contribution in [3.05, 3.63) is 21.9 Å². The van der Waals surface area contributed by atoms with Gasteiger partial charge in [0.1, 0.15) is 5.75 Å². The number of methoxy groups -OCH3 is 1. The van der Waals surface area contributed by atoms with E-state index in [0.717, 1.165) is 15.8 Å². The van der Waals surface area contributed by atoms with Crippen LogP contribution in [0.1, 0.15) is 11.3 Å². The maximum atomic E-state index is 8.88. The van der Waals surface area contributed by atoms with Gasteiger partial charge in [-0.1, -0.05) is 0 Å². The van der Waals surface area contributed by atoms with Crippen LogP contribution in [-0.4, -0.2) is 17.2 Å². The molecule has 1 heterocycles. The Kier molecular flexibility index (Phi) is 3.05. The Morgan fingerprint density at radius 1 is 1.67 bits per heavy atom. The number of nitrogens with zero attached hydrogens (tertiary/aromatic N) is 1. The molecule has 1 N–H and O–H groups in total. The van der Waals surface area contributed by atoms with Gasteiger partial charge in [0.25, 0.3) is 0 Å². The van der Waals surface area contributed by atoms with Gasteiger partial charge < -0.3 is 9.84 Å². The topological polar surface area (TPSA) is 42.4 Å². The summed E-state index contributed by atoms with van der Waals surface area (Å²) >= 11 is 3.30. The first-order valence-electron chi connectivity index (χ1n) is 3.49. The van der Waals surface area contributed by atoms with Crippen molar-refractivity contribution in [1.82, 2.24) is 4.98 Å². The molecule has 0 saturated heterocycles. The van der Waals surface area contributed by atoms with E-state index in [1.165, 1.54) is 0 Å². The van der Waals surface area contributed by atoms with E-state index in [0.29, 0.717) is 5.69 Å². The summed E-state index contributed by atoms with van der Waals surface area (Å²) < 4.78 is 5.85. The van der Waals surface area contributed by atoms with Gasteiger partial charge >= 0.3 is 0 Å². The first-order chi connectivity index (χ1) is 5.70. The molecule has 12 heavy (non-hydrogen) atoms. The maximum Gasteiger partial charge on any atom is 0.139 e. The standard InChI is InChI=1S/C8H10BrNO2/c1-5-3-10-6(4-11)7(9)8(5)12-2/h3,11H,4H2,1-2H3. The largest absolute Gasteiger partial charge is 0.495 e. The Hall–Kier alpha value is -0.610. The van der Waals surface area contributed by atoms with Gasteiger partial charge in [-0.05, 0) is 22.9 Å². The normalized spacial score (nSPS) is 10.0. The second-order valence-electron chi connectivity index (χ2n) is 2.39. The summed E-state index contributed by atoms with van der Waals surface area (Å²) in [6.07, 6.45) is 1.68. The molecular weight excluding hydrogens is 222 g/mol. The molecule has 1 aromatic rings. The van der Waals surface area contributed by atoms with Crippen LogP contribution in [0.2, 0.25) is 0 Å². The minimum absolute atomic E-state index is 0.0861. The van der Waals surface area contributed by atoms with Crippen molar-refractivity contribution in [2.75, 3.05) is 7.11 Å². The van der Waals surface area contributed by atoms with E-state index < -0.39 is 0 Å². The molecule has 66 valence electrons. The summed E-state index contributed by atoms with van der Waals surface area (Å²) in [5, 5.41) is 8.88. The summed E-state index contributed by atoms with van der Waals surface area (Å²) in [4.78, 5) is 4.03. The summed E-state index contributed by atoms with van der Waals surface area (Å²) in [5.74, 6) is 0.731. The van der Waals surface area contributed by atoms with Crippen LogP contribution in [0.3, 0.4) is 0 Å². The quantitative estimate of drug-likeness (QED) is 0.842. The number of aliphatic hydroxyl groups is 1. The molecule has 0 spiro atoms. The predicted molar refractivity (Wildman–Crippen MR) is 49.1 cm³/mol. The van der Waals surface area contributed by atoms with E-state index >= 15 is 0 Å². The number of aromatic nitrogens is 1. The fourth-order valence-corrected chi connectivity index (χ4v) is 1.66. The molecule has 0 amide bonds. The van der Waals surface area contributed by atoms with Crippen molar-refractivity contribution in [2.24, 2.45) is 0 Å². The molecule has 0 aliphatic heterocycles. The summed E-state index contributed by atoms with van der Waals surface area (Å²) in [7, 11) is 1.59. The molecule has 0 fully saturated rings. The van der Waals surface area contributed by atoms with Crippen LogP contribution in [0.25, 0.3) is 0 Å². The van der Waals surface area contributed by atoms with Crippen molar-refractivity contribution in [3.63, 3.8) is 0 Å². The van der Waals surface area contributed by atoms with Crippen LogP contribution in [-0.2, 0) is 6.61 Å². The molecule has 4 heteroatoms. The SMILES string of the molecule is COc1c(C)cnc(CO)c1Br. The lowest BCUT2D eigenvalue weighted by atomic mass is 10.2. The zero-order chi connectivity index (χ0) is 9.14. The predicted octanol–water partition coefficient (Wildman–Crippen LogP) is 1.65. The summed E-state index contributed by atoms with van der Waals surface area (Å²) in [5.41, 5.74) is 1.54. The molecule has 0 radical (unpaired) electrons. The number of hydrogen-bond acceptors (Lipinski definition) is 3. The number of hydrogen-bond donors (Lipinski definition) is 1. The first-order valence-corrected chi connectivity index (χ1v) is 4.28. The average molecular weight is 232 g/mol. The highest BCUT2D eigenvalue weighted by atomic mass is 79.9. The molecular formula is C8H10BrNO2. The molecule has 1 rings (SSSR count). The molecule has 0 bridgehead atoms. The lowest BCUT2D eigenvalue weighted by molar-refractivity contribution is 0.274. The highest BCUT2D eigenvalue weighted by molar-refractivity contribution is 9.10. The highest BCUT2D eigenvalue weighted by Crippen LogP contribution is 2.30. The number of pyridine rings is 1. The minimum Gasteiger partial charge on any atom is -0.495 e. The second kappa shape index (κ2) is 3.87. The second-order valence-corrected chi connectivity index (χ2v) is 3.19. The van der Waals surface area contributed by atoms with Crippen LogP contribution in [0.15, 0.2) is 10.7 Å². The third kappa shape index (κ3) is 1.59. The molecule has 3 nitrogen and oxygen atoms in total. The van der Waals surface area contributed by atoms with E-state index in [1.54, 1.807) is 13.3 Å². The van der Waals surface area contributed by atoms with Crippen LogP contribution in [0.4, 0.5) is 0 Å². The van der Waals surface area contributed by atoms with Crippen LogP contribution < -0.4 is 4.74 Å². The number of ether oxygens (including phenoxy) is 1. The molecule has 0 aliphatic rings. The van der Waals surface area contributed by atoms with Crippen molar-refractivity contribution in [1.29, 1.82) is 0 Å². The van der Waals surface area contributed by atoms with Gasteiger partial charge in [0.05, 0.1) is 23.9 Å². The molecule has 1 aromatic heterocycles. The van der Waals surface area contributed by atoms with E-state index in [-0.39, 0.29) is 6.61 Å². The summed E-state index contributed by atoms with van der Waals surface area (Å²) in [6.45, 7) is 1.81. The minimum atomic E-state index is -0.0861. The summed E-state index contributed by atoms with van der Waals surface area (Å²) in [6, 6.07) is 0. The van der Waals surface area contributed by atoms with Crippen LogP contribution >= 0.6 is 15.9 Å². The Morgan fingerprint density at radius 3 is 2.83 bits per heavy atom. The van der Waals surface area contributed by atoms with Gasteiger partial charge in [-0.25, -0.2) is 0 Å². The van der Waals surface area contributed by atoms with Gasteiger partial charge in [0, 0.05) is 11.8 Å². The Bertz CT molecular complexity index is 289. The molecule has 0 aromatic carbocycles. The van der Waals surface area contributed by atoms with Crippen LogP contribution in [0, 0.1) is 6.92 Å². The number of rotatable bonds is 2. The van der Waals surface area contributed by atoms with Crippen molar-refractivity contribution >= 4 is 15.9 Å². The fourth-order valence-electron chi connectivity index (χ4n) is 0.955. The lowest BCUT2D eigenvalue weighted by Crippen LogP contribution is -1.96. The van der Waals surface area contributed by atoms with Gasteiger partial charge in [-0.3, -0.25) is 4.98 Å². The van der Waals surface area contributed by atoms with E-state index in [4.69, 9.17) is 9.84 Å². The first kappa shape index (κ1) is 9.48. The van der Waals surface area contributed by atoms with Crippen LogP contribution in [0.5, 0.6) is 5.75 Å². The highest BCUT2D eigenvalue weighted by Gasteiger charge is 2.09. The van der Waals surface area contributed by atoms with E-state index in [2.05, 4.69) is 20.9 Å². The fraction of sp³-hybridized carbons (Fsp3) is 0.375. The smallest absolute Gasteiger partial charge is 0.139 e. The Labute approximate surface area is 79.5 Å². The van der Waals surface area contributed by atoms with Gasteiger partial charge in [0.2, 0.25) is 0 Å². The maximum absolute atomic E-state index is 8.88. The van der Waals surface area contributed by atoms with Gasteiger partial charge in [-0.15, -0.1) is 0 Å². The third-order valence-electron chi connectivity index (χ3n) is 1.58. The number of aryl methyl sites for hydroxylation is 1. The number of halogens is 1. The van der Waals surface area contributed by atoms with Crippen molar-refractivity contribution in [3.8, 4) is 5.75 Å². The van der Waals surface area contributed by atoms with E-state index in [9.17, 15) is 0 Å². The Morgan fingerprint density at radius 2 is 2.33 bits per heavy atom. The average Bonchev–Trinajstić information content (AvgIpc) is 2.06. The zero-order valence-corrected chi connectivity index (χ0v) is 8.55. The number of aliphatic hydroxyl groups excluding tert-OH is 1. The monoisotopic (exact) mass is 231 g/mol. The molecule has 0 atom stereocenters. The van der Waals surface area contributed by atoms with Crippen molar-refractivity contribution in [2.45, 2.75) is 13.5 Å². The molecule has 0 aliphatic carbocycles. The molecule has 0 saturated carbocycles. The van der Waals surface area contributed by atoms with E-state index in [1.807, 2.05) is 6.92 Å². The lowest BCUT2D eigenvalue weighted by Gasteiger charge is -2.08. The van der Waals surface area contributed by atoms with Gasteiger partial charge in [-0.2, -0.15) is 0 Å². The third-order valence-corrected chi connectivity index (χ3v) is 2.40.